The van der Waals surface area contributed by atoms with Crippen LogP contribution in [-0.4, -0.2) is 22.3 Å². The highest BCUT2D eigenvalue weighted by atomic mass is 32.2. The first kappa shape index (κ1) is 13.2. The summed E-state index contributed by atoms with van der Waals surface area (Å²) in [6.45, 7) is 3.65. The van der Waals surface area contributed by atoms with Gasteiger partial charge in [-0.25, -0.2) is 0 Å². The predicted molar refractivity (Wildman–Crippen MR) is 70.7 cm³/mol. The van der Waals surface area contributed by atoms with Gasteiger partial charge in [0.05, 0.1) is 0 Å². The molecule has 1 aromatic rings. The summed E-state index contributed by atoms with van der Waals surface area (Å²) in [7, 11) is -0.727. The molecule has 0 bridgehead atoms. The van der Waals surface area contributed by atoms with Crippen molar-refractivity contribution in [3.05, 3.63) is 29.8 Å². The molecule has 1 rings (SSSR count). The average molecular weight is 240 g/mol. The quantitative estimate of drug-likeness (QED) is 0.585. The van der Waals surface area contributed by atoms with Crippen molar-refractivity contribution >= 4 is 16.5 Å². The first-order valence-corrected chi connectivity index (χ1v) is 7.09. The van der Waals surface area contributed by atoms with Crippen LogP contribution in [0.25, 0.3) is 0 Å². The summed E-state index contributed by atoms with van der Waals surface area (Å²) in [5.41, 5.74) is 7.76. The molecule has 0 saturated heterocycles. The Morgan fingerprint density at radius 3 is 2.75 bits per heavy atom. The summed E-state index contributed by atoms with van der Waals surface area (Å²) in [5.74, 6) is 0. The molecule has 0 aliphatic rings. The normalized spacial score (nSPS) is 14.6. The van der Waals surface area contributed by atoms with Crippen molar-refractivity contribution in [1.29, 1.82) is 0 Å². The van der Waals surface area contributed by atoms with Gasteiger partial charge in [0.25, 0.3) is 0 Å². The van der Waals surface area contributed by atoms with Crippen molar-refractivity contribution in [2.75, 3.05) is 18.5 Å². The molecule has 0 saturated carbocycles. The minimum atomic E-state index is -0.727. The summed E-state index contributed by atoms with van der Waals surface area (Å²) in [5, 5.41) is 3.56. The molecule has 0 aliphatic carbocycles. The van der Waals surface area contributed by atoms with E-state index in [0.29, 0.717) is 0 Å². The molecule has 0 fully saturated rings. The summed E-state index contributed by atoms with van der Waals surface area (Å²) in [6, 6.07) is 7.84. The van der Waals surface area contributed by atoms with Gasteiger partial charge in [0, 0.05) is 34.5 Å². The zero-order chi connectivity index (χ0) is 12.0. The van der Waals surface area contributed by atoms with Crippen LogP contribution in [0.1, 0.15) is 18.9 Å². The zero-order valence-corrected chi connectivity index (χ0v) is 10.7. The predicted octanol–water partition coefficient (Wildman–Crippen LogP) is 1.52. The number of para-hydroxylation sites is 1. The third-order valence-electron chi connectivity index (χ3n) is 2.66. The Balaban J connectivity index is 2.26. The molecule has 2 atom stereocenters. The second kappa shape index (κ2) is 6.66. The van der Waals surface area contributed by atoms with E-state index in [1.54, 1.807) is 6.26 Å². The van der Waals surface area contributed by atoms with Gasteiger partial charge in [-0.15, -0.1) is 0 Å². The van der Waals surface area contributed by atoms with Crippen molar-refractivity contribution in [2.45, 2.75) is 25.1 Å². The first-order valence-electron chi connectivity index (χ1n) is 5.47. The highest BCUT2D eigenvalue weighted by molar-refractivity contribution is 7.84. The maximum absolute atomic E-state index is 11.1. The lowest BCUT2D eigenvalue weighted by molar-refractivity contribution is 0.629. The van der Waals surface area contributed by atoms with Gasteiger partial charge in [0.15, 0.2) is 0 Å². The fraction of sp³-hybridized carbons (Fsp3) is 0.500. The molecule has 0 aliphatic heterocycles. The third-order valence-corrected chi connectivity index (χ3v) is 4.03. The van der Waals surface area contributed by atoms with Crippen LogP contribution in [0, 0.1) is 0 Å². The Bertz CT molecular complexity index is 355. The van der Waals surface area contributed by atoms with E-state index in [9.17, 15) is 4.21 Å². The lowest BCUT2D eigenvalue weighted by Gasteiger charge is -2.10. The molecule has 4 heteroatoms. The summed E-state index contributed by atoms with van der Waals surface area (Å²) >= 11 is 0. The Morgan fingerprint density at radius 2 is 2.12 bits per heavy atom. The fourth-order valence-electron chi connectivity index (χ4n) is 1.39. The monoisotopic (exact) mass is 240 g/mol. The molecule has 2 unspecified atom stereocenters. The van der Waals surface area contributed by atoms with Crippen LogP contribution < -0.4 is 11.1 Å². The van der Waals surface area contributed by atoms with E-state index in [1.165, 1.54) is 0 Å². The van der Waals surface area contributed by atoms with Crippen LogP contribution in [0.3, 0.4) is 0 Å². The number of benzene rings is 1. The Morgan fingerprint density at radius 1 is 1.44 bits per heavy atom. The van der Waals surface area contributed by atoms with Gasteiger partial charge in [0.2, 0.25) is 0 Å². The van der Waals surface area contributed by atoms with E-state index < -0.39 is 10.8 Å². The van der Waals surface area contributed by atoms with Crippen LogP contribution >= 0.6 is 0 Å². The highest BCUT2D eigenvalue weighted by Gasteiger charge is 2.05. The van der Waals surface area contributed by atoms with Crippen LogP contribution in [0.4, 0.5) is 5.69 Å². The van der Waals surface area contributed by atoms with Crippen LogP contribution in [0.5, 0.6) is 0 Å². The molecule has 0 spiro atoms. The van der Waals surface area contributed by atoms with Crippen LogP contribution in [0.2, 0.25) is 0 Å². The highest BCUT2D eigenvalue weighted by Crippen LogP contribution is 2.09. The lowest BCUT2D eigenvalue weighted by Crippen LogP contribution is -2.21. The van der Waals surface area contributed by atoms with E-state index in [4.69, 9.17) is 5.73 Å². The molecule has 0 amide bonds. The molecule has 0 heterocycles. The minimum absolute atomic E-state index is 0.251. The fourth-order valence-corrected chi connectivity index (χ4v) is 1.84. The van der Waals surface area contributed by atoms with Crippen molar-refractivity contribution in [3.8, 4) is 0 Å². The Labute approximate surface area is 99.9 Å². The molecule has 1 aromatic carbocycles. The largest absolute Gasteiger partial charge is 0.398 e. The van der Waals surface area contributed by atoms with E-state index in [1.807, 2.05) is 31.2 Å². The number of nitrogens with two attached hydrogens (primary N) is 1. The van der Waals surface area contributed by atoms with Gasteiger partial charge >= 0.3 is 0 Å². The first-order chi connectivity index (χ1) is 7.61. The maximum atomic E-state index is 11.1. The van der Waals surface area contributed by atoms with Gasteiger partial charge in [-0.05, 0) is 24.6 Å². The molecular formula is C12H20N2OS. The smallest absolute Gasteiger partial charge is 0.0359 e. The van der Waals surface area contributed by atoms with Gasteiger partial charge in [-0.2, -0.15) is 0 Å². The third kappa shape index (κ3) is 4.33. The van der Waals surface area contributed by atoms with Crippen molar-refractivity contribution in [3.63, 3.8) is 0 Å². The number of nitrogen functional groups attached to an aromatic ring is 1. The number of anilines is 1. The number of nitrogens with one attached hydrogen (secondary N) is 1. The van der Waals surface area contributed by atoms with Gasteiger partial charge in [0.1, 0.15) is 0 Å². The molecule has 16 heavy (non-hydrogen) atoms. The number of hydrogen-bond acceptors (Lipinski definition) is 3. The van der Waals surface area contributed by atoms with E-state index >= 15 is 0 Å². The second-order valence-corrected chi connectivity index (χ2v) is 5.78. The van der Waals surface area contributed by atoms with Crippen molar-refractivity contribution < 1.29 is 4.21 Å². The molecule has 0 radical (unpaired) electrons. The molecule has 0 aromatic heterocycles. The van der Waals surface area contributed by atoms with Gasteiger partial charge < -0.3 is 11.1 Å². The molecule has 3 nitrogen and oxygen atoms in total. The lowest BCUT2D eigenvalue weighted by atomic mass is 10.2. The molecule has 3 N–H and O–H groups in total. The molecular weight excluding hydrogens is 220 g/mol. The standard InChI is InChI=1S/C12H20N2OS/c1-10(16(2)15)7-8-14-9-11-5-3-4-6-12(11)13/h3-6,10,14H,7-9,13H2,1-2H3. The SMILES string of the molecule is CC(CCNCc1ccccc1N)S(C)=O. The van der Waals surface area contributed by atoms with Crippen LogP contribution in [-0.2, 0) is 17.3 Å². The minimum Gasteiger partial charge on any atom is -0.398 e. The Kier molecular flexibility index (Phi) is 5.49. The topological polar surface area (TPSA) is 55.1 Å². The summed E-state index contributed by atoms with van der Waals surface area (Å²) in [6.07, 6.45) is 2.68. The van der Waals surface area contributed by atoms with Crippen molar-refractivity contribution in [1.82, 2.24) is 5.32 Å². The van der Waals surface area contributed by atoms with E-state index in [-0.39, 0.29) is 5.25 Å². The average Bonchev–Trinajstić information content (AvgIpc) is 2.26. The van der Waals surface area contributed by atoms with Crippen molar-refractivity contribution in [2.24, 2.45) is 0 Å². The summed E-state index contributed by atoms with van der Waals surface area (Å²) in [4.78, 5) is 0. The number of hydrogen-bond donors (Lipinski definition) is 2. The molecule has 90 valence electrons. The second-order valence-electron chi connectivity index (χ2n) is 3.97. The van der Waals surface area contributed by atoms with Gasteiger partial charge in [-0.1, -0.05) is 25.1 Å². The maximum Gasteiger partial charge on any atom is 0.0359 e. The van der Waals surface area contributed by atoms with Gasteiger partial charge in [-0.3, -0.25) is 4.21 Å². The summed E-state index contributed by atoms with van der Waals surface area (Å²) < 4.78 is 11.1. The Hall–Kier alpha value is -0.870. The number of rotatable bonds is 6. The zero-order valence-electron chi connectivity index (χ0n) is 9.90. The van der Waals surface area contributed by atoms with Crippen LogP contribution in [0.15, 0.2) is 24.3 Å². The van der Waals surface area contributed by atoms with E-state index in [0.717, 1.165) is 30.8 Å². The van der Waals surface area contributed by atoms with E-state index in [2.05, 4.69) is 5.32 Å².